The number of H-pyrrole nitrogens is 1. The lowest BCUT2D eigenvalue weighted by molar-refractivity contribution is 0.622. The van der Waals surface area contributed by atoms with E-state index in [0.717, 1.165) is 6.20 Å². The van der Waals surface area contributed by atoms with E-state index in [1.807, 2.05) is 0 Å². The van der Waals surface area contributed by atoms with Gasteiger partial charge < -0.3 is 4.98 Å². The maximum atomic E-state index is 13.2. The van der Waals surface area contributed by atoms with Crippen molar-refractivity contribution in [3.8, 4) is 16.8 Å². The fourth-order valence-corrected chi connectivity index (χ4v) is 2.23. The molecular formula is C14H9FN6O. The standard InChI is InChI=1S/C14H9FN6O/c15-11-3-9(4-16-6-11)10-5-17-21(8-10)12-7-18-20-2-1-13(22)19-14(12)20/h1-8H,(H,19,22). The van der Waals surface area contributed by atoms with Crippen LogP contribution in [0.4, 0.5) is 4.39 Å². The van der Waals surface area contributed by atoms with Gasteiger partial charge in [0.25, 0.3) is 5.56 Å². The summed E-state index contributed by atoms with van der Waals surface area (Å²) in [7, 11) is 0. The number of aromatic amines is 1. The van der Waals surface area contributed by atoms with E-state index >= 15 is 0 Å². The summed E-state index contributed by atoms with van der Waals surface area (Å²) in [6.07, 6.45) is 9.18. The number of pyridine rings is 1. The highest BCUT2D eigenvalue weighted by molar-refractivity contribution is 5.63. The molecule has 0 amide bonds. The monoisotopic (exact) mass is 296 g/mol. The summed E-state index contributed by atoms with van der Waals surface area (Å²) in [5.74, 6) is -0.412. The van der Waals surface area contributed by atoms with E-state index in [0.29, 0.717) is 22.5 Å². The SMILES string of the molecule is O=c1ccn2ncc(-n3cc(-c4cncc(F)c4)cn3)c2[nH]1. The molecule has 0 aliphatic rings. The van der Waals surface area contributed by atoms with Crippen LogP contribution in [0.1, 0.15) is 0 Å². The highest BCUT2D eigenvalue weighted by atomic mass is 19.1. The molecule has 4 aromatic heterocycles. The molecule has 0 spiro atoms. The van der Waals surface area contributed by atoms with E-state index in [4.69, 9.17) is 0 Å². The van der Waals surface area contributed by atoms with Crippen LogP contribution in [0.25, 0.3) is 22.5 Å². The van der Waals surface area contributed by atoms with E-state index in [1.165, 1.54) is 12.1 Å². The fourth-order valence-electron chi connectivity index (χ4n) is 2.23. The van der Waals surface area contributed by atoms with Gasteiger partial charge in [-0.2, -0.15) is 10.2 Å². The van der Waals surface area contributed by atoms with Gasteiger partial charge in [-0.05, 0) is 6.07 Å². The Morgan fingerprint density at radius 3 is 2.86 bits per heavy atom. The van der Waals surface area contributed by atoms with E-state index in [9.17, 15) is 9.18 Å². The molecule has 7 nitrogen and oxygen atoms in total. The Morgan fingerprint density at radius 2 is 2.00 bits per heavy atom. The normalized spacial score (nSPS) is 11.1. The molecule has 0 unspecified atom stereocenters. The van der Waals surface area contributed by atoms with Crippen LogP contribution in [-0.4, -0.2) is 29.4 Å². The lowest BCUT2D eigenvalue weighted by Crippen LogP contribution is -2.07. The minimum absolute atomic E-state index is 0.226. The molecule has 0 aromatic carbocycles. The summed E-state index contributed by atoms with van der Waals surface area (Å²) in [6, 6.07) is 2.77. The molecule has 0 radical (unpaired) electrons. The van der Waals surface area contributed by atoms with Gasteiger partial charge in [0, 0.05) is 35.8 Å². The largest absolute Gasteiger partial charge is 0.305 e. The molecule has 0 aliphatic heterocycles. The number of nitrogens with zero attached hydrogens (tertiary/aromatic N) is 5. The molecule has 0 fully saturated rings. The van der Waals surface area contributed by atoms with Gasteiger partial charge in [0.15, 0.2) is 5.65 Å². The van der Waals surface area contributed by atoms with Gasteiger partial charge in [0.05, 0.1) is 18.6 Å². The van der Waals surface area contributed by atoms with Crippen molar-refractivity contribution in [3.63, 3.8) is 0 Å². The average molecular weight is 296 g/mol. The lowest BCUT2D eigenvalue weighted by Gasteiger charge is -1.98. The van der Waals surface area contributed by atoms with Crippen LogP contribution in [0.3, 0.4) is 0 Å². The predicted molar refractivity (Wildman–Crippen MR) is 76.1 cm³/mol. The Kier molecular flexibility index (Phi) is 2.62. The first-order valence-electron chi connectivity index (χ1n) is 6.43. The van der Waals surface area contributed by atoms with Gasteiger partial charge in [0.1, 0.15) is 11.5 Å². The van der Waals surface area contributed by atoms with E-state index in [-0.39, 0.29) is 5.56 Å². The first-order valence-corrected chi connectivity index (χ1v) is 6.43. The third-order valence-corrected chi connectivity index (χ3v) is 3.25. The van der Waals surface area contributed by atoms with Gasteiger partial charge in [0.2, 0.25) is 0 Å². The van der Waals surface area contributed by atoms with Crippen LogP contribution in [0.5, 0.6) is 0 Å². The number of hydrogen-bond donors (Lipinski definition) is 1. The Balaban J connectivity index is 1.83. The molecule has 0 atom stereocenters. The molecule has 1 N–H and O–H groups in total. The molecule has 0 saturated heterocycles. The minimum Gasteiger partial charge on any atom is -0.305 e. The number of hydrogen-bond acceptors (Lipinski definition) is 4. The van der Waals surface area contributed by atoms with E-state index < -0.39 is 5.82 Å². The quantitative estimate of drug-likeness (QED) is 0.606. The van der Waals surface area contributed by atoms with Crippen molar-refractivity contribution >= 4 is 5.65 Å². The highest BCUT2D eigenvalue weighted by Crippen LogP contribution is 2.20. The highest BCUT2D eigenvalue weighted by Gasteiger charge is 2.10. The summed E-state index contributed by atoms with van der Waals surface area (Å²) >= 11 is 0. The zero-order chi connectivity index (χ0) is 15.1. The topological polar surface area (TPSA) is 80.9 Å². The van der Waals surface area contributed by atoms with Crippen molar-refractivity contribution in [2.45, 2.75) is 0 Å². The minimum atomic E-state index is -0.412. The molecule has 8 heteroatoms. The molecule has 4 heterocycles. The molecular weight excluding hydrogens is 287 g/mol. The second kappa shape index (κ2) is 4.62. The van der Waals surface area contributed by atoms with Crippen LogP contribution in [0.2, 0.25) is 0 Å². The van der Waals surface area contributed by atoms with Crippen molar-refractivity contribution in [2.24, 2.45) is 0 Å². The van der Waals surface area contributed by atoms with Crippen molar-refractivity contribution < 1.29 is 4.39 Å². The van der Waals surface area contributed by atoms with Crippen molar-refractivity contribution in [3.05, 3.63) is 65.5 Å². The summed E-state index contributed by atoms with van der Waals surface area (Å²) in [5.41, 5.74) is 2.25. The van der Waals surface area contributed by atoms with Gasteiger partial charge in [-0.1, -0.05) is 0 Å². The van der Waals surface area contributed by atoms with Gasteiger partial charge >= 0.3 is 0 Å². The average Bonchev–Trinajstić information content (AvgIpc) is 3.13. The third-order valence-electron chi connectivity index (χ3n) is 3.25. The maximum absolute atomic E-state index is 13.2. The number of fused-ring (bicyclic) bond motifs is 1. The molecule has 4 aromatic rings. The zero-order valence-electron chi connectivity index (χ0n) is 11.1. The molecule has 0 bridgehead atoms. The summed E-state index contributed by atoms with van der Waals surface area (Å²) in [5, 5.41) is 8.38. The Bertz CT molecular complexity index is 1030. The van der Waals surface area contributed by atoms with Crippen LogP contribution in [0, 0.1) is 5.82 Å². The Hall–Kier alpha value is -3.29. The second-order valence-corrected chi connectivity index (χ2v) is 4.69. The van der Waals surface area contributed by atoms with Crippen LogP contribution in [0.15, 0.2) is 54.1 Å². The third kappa shape index (κ3) is 1.97. The van der Waals surface area contributed by atoms with E-state index in [2.05, 4.69) is 20.2 Å². The lowest BCUT2D eigenvalue weighted by atomic mass is 10.2. The van der Waals surface area contributed by atoms with Crippen molar-refractivity contribution in [1.82, 2.24) is 29.4 Å². The number of aromatic nitrogens is 6. The number of rotatable bonds is 2. The first-order chi connectivity index (χ1) is 10.7. The molecule has 0 saturated carbocycles. The number of halogens is 1. The summed E-state index contributed by atoms with van der Waals surface area (Å²) in [4.78, 5) is 18.0. The fraction of sp³-hybridized carbons (Fsp3) is 0. The Labute approximate surface area is 122 Å². The zero-order valence-corrected chi connectivity index (χ0v) is 11.1. The van der Waals surface area contributed by atoms with Gasteiger partial charge in [-0.25, -0.2) is 13.6 Å². The van der Waals surface area contributed by atoms with Crippen LogP contribution in [-0.2, 0) is 0 Å². The number of nitrogens with one attached hydrogen (secondary N) is 1. The van der Waals surface area contributed by atoms with Crippen molar-refractivity contribution in [1.29, 1.82) is 0 Å². The van der Waals surface area contributed by atoms with Gasteiger partial charge in [-0.3, -0.25) is 9.78 Å². The summed E-state index contributed by atoms with van der Waals surface area (Å²) < 4.78 is 16.4. The van der Waals surface area contributed by atoms with Crippen LogP contribution >= 0.6 is 0 Å². The molecule has 4 rings (SSSR count). The smallest absolute Gasteiger partial charge is 0.251 e. The molecule has 0 aliphatic carbocycles. The van der Waals surface area contributed by atoms with E-state index in [1.54, 1.807) is 40.2 Å². The molecule has 22 heavy (non-hydrogen) atoms. The second-order valence-electron chi connectivity index (χ2n) is 4.69. The van der Waals surface area contributed by atoms with Gasteiger partial charge in [-0.15, -0.1) is 0 Å². The predicted octanol–water partition coefficient (Wildman–Crippen LogP) is 1.41. The molecule has 108 valence electrons. The Morgan fingerprint density at radius 1 is 1.09 bits per heavy atom. The van der Waals surface area contributed by atoms with Crippen LogP contribution < -0.4 is 5.56 Å². The summed E-state index contributed by atoms with van der Waals surface area (Å²) in [6.45, 7) is 0. The first kappa shape index (κ1) is 12.5. The maximum Gasteiger partial charge on any atom is 0.251 e. The van der Waals surface area contributed by atoms with Crippen molar-refractivity contribution in [2.75, 3.05) is 0 Å².